The van der Waals surface area contributed by atoms with Crippen molar-refractivity contribution >= 4 is 33.4 Å². The Kier molecular flexibility index (Phi) is 2.53. The molecular formula is C18H9NOS. The number of allylic oxidation sites excluding steroid dienone is 1. The van der Waals surface area contributed by atoms with E-state index in [1.165, 1.54) is 0 Å². The van der Waals surface area contributed by atoms with Crippen molar-refractivity contribution in [1.29, 1.82) is 5.26 Å². The molecule has 1 heterocycles. The van der Waals surface area contributed by atoms with Crippen LogP contribution in [0.15, 0.2) is 64.8 Å². The SMILES string of the molecule is N#CC1=C(c2ccco2)c2ccc3ccccc3c2C1=S. The summed E-state index contributed by atoms with van der Waals surface area (Å²) in [6.45, 7) is 0. The molecule has 1 aliphatic carbocycles. The lowest BCUT2D eigenvalue weighted by Crippen LogP contribution is -1.96. The number of thiocarbonyl (C=S) groups is 1. The number of furan rings is 1. The molecule has 4 rings (SSSR count). The highest BCUT2D eigenvalue weighted by Crippen LogP contribution is 2.41. The van der Waals surface area contributed by atoms with Crippen molar-refractivity contribution in [2.45, 2.75) is 0 Å². The van der Waals surface area contributed by atoms with Crippen molar-refractivity contribution in [3.8, 4) is 6.07 Å². The van der Waals surface area contributed by atoms with Crippen molar-refractivity contribution in [3.63, 3.8) is 0 Å². The van der Waals surface area contributed by atoms with E-state index in [-0.39, 0.29) is 0 Å². The smallest absolute Gasteiger partial charge is 0.135 e. The van der Waals surface area contributed by atoms with Gasteiger partial charge < -0.3 is 4.42 Å². The molecule has 21 heavy (non-hydrogen) atoms. The van der Waals surface area contributed by atoms with E-state index in [1.54, 1.807) is 6.26 Å². The van der Waals surface area contributed by atoms with Gasteiger partial charge in [-0.25, -0.2) is 0 Å². The molecule has 98 valence electrons. The Morgan fingerprint density at radius 3 is 2.62 bits per heavy atom. The summed E-state index contributed by atoms with van der Waals surface area (Å²) in [5.74, 6) is 0.683. The average molecular weight is 287 g/mol. The molecule has 3 aromatic rings. The lowest BCUT2D eigenvalue weighted by molar-refractivity contribution is 0.554. The van der Waals surface area contributed by atoms with Crippen molar-refractivity contribution < 1.29 is 4.42 Å². The first-order valence-corrected chi connectivity index (χ1v) is 6.97. The highest BCUT2D eigenvalue weighted by atomic mass is 32.1. The first-order valence-electron chi connectivity index (χ1n) is 6.56. The van der Waals surface area contributed by atoms with Crippen LogP contribution in [0.1, 0.15) is 16.9 Å². The van der Waals surface area contributed by atoms with E-state index in [0.717, 1.165) is 27.5 Å². The molecule has 3 heteroatoms. The van der Waals surface area contributed by atoms with E-state index in [2.05, 4.69) is 18.2 Å². The second-order valence-corrected chi connectivity index (χ2v) is 5.29. The van der Waals surface area contributed by atoms with Gasteiger partial charge in [0.25, 0.3) is 0 Å². The number of nitriles is 1. The van der Waals surface area contributed by atoms with Crippen LogP contribution in [0.4, 0.5) is 0 Å². The van der Waals surface area contributed by atoms with Crippen molar-refractivity contribution in [3.05, 3.63) is 77.3 Å². The Balaban J connectivity index is 2.11. The number of benzene rings is 2. The molecule has 0 bridgehead atoms. The minimum absolute atomic E-state index is 0.520. The minimum atomic E-state index is 0.520. The van der Waals surface area contributed by atoms with Crippen molar-refractivity contribution in [2.75, 3.05) is 0 Å². The second-order valence-electron chi connectivity index (χ2n) is 4.88. The van der Waals surface area contributed by atoms with E-state index in [0.29, 0.717) is 16.2 Å². The third kappa shape index (κ3) is 1.60. The highest BCUT2D eigenvalue weighted by Gasteiger charge is 2.30. The zero-order valence-corrected chi connectivity index (χ0v) is 11.8. The molecule has 0 N–H and O–H groups in total. The van der Waals surface area contributed by atoms with Crippen LogP contribution in [0.3, 0.4) is 0 Å². The first kappa shape index (κ1) is 12.1. The molecule has 2 aromatic carbocycles. The predicted octanol–water partition coefficient (Wildman–Crippen LogP) is 4.49. The Morgan fingerprint density at radius 2 is 1.86 bits per heavy atom. The molecule has 0 unspecified atom stereocenters. The fourth-order valence-corrected chi connectivity index (χ4v) is 3.25. The van der Waals surface area contributed by atoms with Gasteiger partial charge in [0.2, 0.25) is 0 Å². The summed E-state index contributed by atoms with van der Waals surface area (Å²) >= 11 is 5.55. The number of rotatable bonds is 1. The van der Waals surface area contributed by atoms with Crippen LogP contribution in [-0.4, -0.2) is 4.86 Å². The Morgan fingerprint density at radius 1 is 1.00 bits per heavy atom. The molecule has 0 radical (unpaired) electrons. The Labute approximate surface area is 126 Å². The number of nitrogens with zero attached hydrogens (tertiary/aromatic N) is 1. The molecule has 0 atom stereocenters. The van der Waals surface area contributed by atoms with Gasteiger partial charge in [-0.2, -0.15) is 5.26 Å². The quantitative estimate of drug-likeness (QED) is 0.619. The van der Waals surface area contributed by atoms with Gasteiger partial charge in [0.05, 0.1) is 16.7 Å². The molecule has 0 fully saturated rings. The second kappa shape index (κ2) is 4.41. The van der Waals surface area contributed by atoms with Gasteiger partial charge in [-0.15, -0.1) is 0 Å². The van der Waals surface area contributed by atoms with Crippen LogP contribution in [0, 0.1) is 11.3 Å². The van der Waals surface area contributed by atoms with E-state index in [1.807, 2.05) is 36.4 Å². The van der Waals surface area contributed by atoms with E-state index in [4.69, 9.17) is 16.6 Å². The van der Waals surface area contributed by atoms with Crippen LogP contribution in [0.2, 0.25) is 0 Å². The normalized spacial score (nSPS) is 13.6. The molecule has 0 spiro atoms. The van der Waals surface area contributed by atoms with Crippen LogP contribution in [-0.2, 0) is 0 Å². The maximum atomic E-state index is 9.51. The van der Waals surface area contributed by atoms with E-state index in [9.17, 15) is 5.26 Å². The molecule has 0 saturated carbocycles. The van der Waals surface area contributed by atoms with Crippen LogP contribution in [0.5, 0.6) is 0 Å². The maximum absolute atomic E-state index is 9.51. The summed E-state index contributed by atoms with van der Waals surface area (Å²) in [6.07, 6.45) is 1.61. The van der Waals surface area contributed by atoms with Gasteiger partial charge in [0.15, 0.2) is 0 Å². The summed E-state index contributed by atoms with van der Waals surface area (Å²) in [7, 11) is 0. The number of fused-ring (bicyclic) bond motifs is 3. The Bertz CT molecular complexity index is 959. The molecule has 1 aliphatic rings. The van der Waals surface area contributed by atoms with E-state index < -0.39 is 0 Å². The average Bonchev–Trinajstić information content (AvgIpc) is 3.13. The monoisotopic (exact) mass is 287 g/mol. The summed E-state index contributed by atoms with van der Waals surface area (Å²) in [4.78, 5) is 0.607. The topological polar surface area (TPSA) is 36.9 Å². The fourth-order valence-electron chi connectivity index (χ4n) is 2.88. The Hall–Kier alpha value is -2.70. The number of hydrogen-bond donors (Lipinski definition) is 0. The third-order valence-electron chi connectivity index (χ3n) is 3.78. The molecular weight excluding hydrogens is 278 g/mol. The largest absolute Gasteiger partial charge is 0.464 e. The lowest BCUT2D eigenvalue weighted by Gasteiger charge is -2.07. The van der Waals surface area contributed by atoms with Gasteiger partial charge >= 0.3 is 0 Å². The third-order valence-corrected chi connectivity index (χ3v) is 4.19. The summed E-state index contributed by atoms with van der Waals surface area (Å²) < 4.78 is 5.50. The van der Waals surface area contributed by atoms with Crippen LogP contribution >= 0.6 is 12.2 Å². The standard InChI is InChI=1S/C18H9NOS/c19-10-14-16(15-6-3-9-20-15)13-8-7-11-4-1-2-5-12(11)17(13)18(14)21/h1-9H. The maximum Gasteiger partial charge on any atom is 0.135 e. The molecule has 0 saturated heterocycles. The van der Waals surface area contributed by atoms with Crippen LogP contribution in [0.25, 0.3) is 16.3 Å². The summed E-state index contributed by atoms with van der Waals surface area (Å²) in [5.41, 5.74) is 3.26. The highest BCUT2D eigenvalue weighted by molar-refractivity contribution is 7.81. The minimum Gasteiger partial charge on any atom is -0.464 e. The molecule has 0 amide bonds. The van der Waals surface area contributed by atoms with Gasteiger partial charge in [-0.1, -0.05) is 48.6 Å². The summed E-state index contributed by atoms with van der Waals surface area (Å²) in [6, 6.07) is 18.1. The number of hydrogen-bond acceptors (Lipinski definition) is 3. The van der Waals surface area contributed by atoms with Crippen molar-refractivity contribution in [2.24, 2.45) is 0 Å². The molecule has 2 nitrogen and oxygen atoms in total. The fraction of sp³-hybridized carbons (Fsp3) is 0. The summed E-state index contributed by atoms with van der Waals surface area (Å²) in [5, 5.41) is 11.7. The van der Waals surface area contributed by atoms with E-state index >= 15 is 0 Å². The van der Waals surface area contributed by atoms with Gasteiger partial charge in [0, 0.05) is 11.1 Å². The van der Waals surface area contributed by atoms with Crippen LogP contribution < -0.4 is 0 Å². The zero-order valence-electron chi connectivity index (χ0n) is 11.0. The first-order chi connectivity index (χ1) is 10.3. The van der Waals surface area contributed by atoms with Gasteiger partial charge in [0.1, 0.15) is 11.8 Å². The lowest BCUT2D eigenvalue weighted by atomic mass is 9.97. The molecule has 1 aromatic heterocycles. The van der Waals surface area contributed by atoms with Gasteiger partial charge in [-0.3, -0.25) is 0 Å². The predicted molar refractivity (Wildman–Crippen MR) is 86.0 cm³/mol. The van der Waals surface area contributed by atoms with Crippen molar-refractivity contribution in [1.82, 2.24) is 0 Å². The zero-order chi connectivity index (χ0) is 14.4. The molecule has 0 aliphatic heterocycles. The van der Waals surface area contributed by atoms with Gasteiger partial charge in [-0.05, 0) is 28.5 Å².